The molecule has 13 nitrogen and oxygen atoms in total. The van der Waals surface area contributed by atoms with Crippen molar-refractivity contribution in [2.45, 2.75) is 43.4 Å². The Labute approximate surface area is 364 Å². The molecule has 6 aromatic rings. The Morgan fingerprint density at radius 3 is 1.67 bits per heavy atom. The van der Waals surface area contributed by atoms with E-state index in [1.54, 1.807) is 133 Å². The molecule has 7 rings (SSSR count). The average Bonchev–Trinajstić information content (AvgIpc) is 3.34. The highest BCUT2D eigenvalue weighted by molar-refractivity contribution is 5.91. The number of hydrogen-bond acceptors (Lipinski definition) is 13. The van der Waals surface area contributed by atoms with E-state index >= 15 is 0 Å². The summed E-state index contributed by atoms with van der Waals surface area (Å²) in [6, 6.07) is 46.2. The van der Waals surface area contributed by atoms with Crippen LogP contribution < -0.4 is 18.9 Å². The van der Waals surface area contributed by atoms with Gasteiger partial charge in [0, 0.05) is 0 Å². The molecule has 324 valence electrons. The lowest BCUT2D eigenvalue weighted by Crippen LogP contribution is -2.58. The van der Waals surface area contributed by atoms with Gasteiger partial charge in [-0.15, -0.1) is 0 Å². The zero-order valence-electron chi connectivity index (χ0n) is 34.5. The van der Waals surface area contributed by atoms with Crippen molar-refractivity contribution >= 4 is 17.9 Å². The second-order valence-corrected chi connectivity index (χ2v) is 14.3. The molecule has 0 aromatic heterocycles. The molecule has 0 saturated carbocycles. The highest BCUT2D eigenvalue weighted by Crippen LogP contribution is 2.36. The predicted octanol–water partition coefficient (Wildman–Crippen LogP) is 7.81. The van der Waals surface area contributed by atoms with Crippen LogP contribution in [0, 0.1) is 0 Å². The standard InChI is InChI=1S/C50H46O13/c1-55-38-25-15-16-26-40(38)60-42(44(51)37-27-28-39(41(29-37)56-2)57-30-33-17-7-3-8-18-33)31-58-50-46(63-49(54)36-23-13-6-14-24-36)45(62-48(53)35-21-11-5-12-22-35)43(32-59-50)61-47(52)34-19-9-4-10-20-34/h3-29,42-46,50-51H,30-32H2,1-2H3/t42-,43-,44+,45+,46-,50-/m1/s1. The normalized spacial score (nSPS) is 17.9. The third-order valence-corrected chi connectivity index (χ3v) is 10.0. The molecule has 1 fully saturated rings. The maximum Gasteiger partial charge on any atom is 0.338 e. The number of para-hydroxylation sites is 2. The lowest BCUT2D eigenvalue weighted by molar-refractivity contribution is -0.274. The van der Waals surface area contributed by atoms with Crippen LogP contribution in [0.2, 0.25) is 0 Å². The highest BCUT2D eigenvalue weighted by atomic mass is 16.7. The van der Waals surface area contributed by atoms with Crippen molar-refractivity contribution in [2.24, 2.45) is 0 Å². The predicted molar refractivity (Wildman–Crippen MR) is 229 cm³/mol. The van der Waals surface area contributed by atoms with E-state index < -0.39 is 54.7 Å². The number of aliphatic hydroxyl groups is 1. The van der Waals surface area contributed by atoms with Gasteiger partial charge in [-0.05, 0) is 71.8 Å². The third kappa shape index (κ3) is 11.4. The van der Waals surface area contributed by atoms with Crippen LogP contribution in [0.4, 0.5) is 0 Å². The molecule has 0 bridgehead atoms. The first-order valence-corrected chi connectivity index (χ1v) is 20.1. The lowest BCUT2D eigenvalue weighted by atomic mass is 10.0. The molecule has 6 atom stereocenters. The van der Waals surface area contributed by atoms with Crippen molar-refractivity contribution in [1.29, 1.82) is 0 Å². The Balaban J connectivity index is 1.20. The number of hydrogen-bond donors (Lipinski definition) is 1. The Morgan fingerprint density at radius 2 is 1.10 bits per heavy atom. The van der Waals surface area contributed by atoms with Crippen LogP contribution in [0.1, 0.15) is 48.3 Å². The van der Waals surface area contributed by atoms with E-state index in [4.69, 9.17) is 42.6 Å². The fourth-order valence-corrected chi connectivity index (χ4v) is 6.76. The summed E-state index contributed by atoms with van der Waals surface area (Å²) in [7, 11) is 2.98. The number of ether oxygens (including phenoxy) is 9. The number of aliphatic hydroxyl groups excluding tert-OH is 1. The van der Waals surface area contributed by atoms with Crippen molar-refractivity contribution in [3.8, 4) is 23.0 Å². The van der Waals surface area contributed by atoms with Crippen molar-refractivity contribution in [2.75, 3.05) is 27.4 Å². The molecule has 0 spiro atoms. The van der Waals surface area contributed by atoms with Gasteiger partial charge in [-0.25, -0.2) is 14.4 Å². The Bertz CT molecular complexity index is 2400. The Kier molecular flexibility index (Phi) is 15.0. The van der Waals surface area contributed by atoms with Gasteiger partial charge in [0.05, 0.1) is 44.1 Å². The number of benzene rings is 6. The molecule has 1 aliphatic heterocycles. The summed E-state index contributed by atoms with van der Waals surface area (Å²) >= 11 is 0. The zero-order chi connectivity index (χ0) is 44.0. The van der Waals surface area contributed by atoms with E-state index in [-0.39, 0.29) is 36.5 Å². The number of rotatable bonds is 18. The van der Waals surface area contributed by atoms with Gasteiger partial charge < -0.3 is 47.7 Å². The fraction of sp³-hybridized carbons (Fsp3) is 0.220. The maximum absolute atomic E-state index is 13.8. The van der Waals surface area contributed by atoms with Crippen LogP contribution in [0.5, 0.6) is 23.0 Å². The quantitative estimate of drug-likeness (QED) is 0.0661. The van der Waals surface area contributed by atoms with Crippen LogP contribution in [0.15, 0.2) is 164 Å². The van der Waals surface area contributed by atoms with Gasteiger partial charge in [0.25, 0.3) is 0 Å². The zero-order valence-corrected chi connectivity index (χ0v) is 34.5. The smallest absolute Gasteiger partial charge is 0.338 e. The molecule has 0 aliphatic carbocycles. The van der Waals surface area contributed by atoms with Crippen LogP contribution in [0.3, 0.4) is 0 Å². The fourth-order valence-electron chi connectivity index (χ4n) is 6.76. The molecule has 6 aromatic carbocycles. The first-order valence-electron chi connectivity index (χ1n) is 20.1. The van der Waals surface area contributed by atoms with E-state index in [1.807, 2.05) is 30.3 Å². The van der Waals surface area contributed by atoms with Gasteiger partial charge >= 0.3 is 17.9 Å². The van der Waals surface area contributed by atoms with Crippen molar-refractivity contribution < 1.29 is 62.1 Å². The number of carbonyl (C=O) groups excluding carboxylic acids is 3. The number of esters is 3. The molecule has 13 heteroatoms. The topological polar surface area (TPSA) is 155 Å². The van der Waals surface area contributed by atoms with Gasteiger partial charge in [0.2, 0.25) is 0 Å². The summed E-state index contributed by atoms with van der Waals surface area (Å²) in [5, 5.41) is 12.1. The van der Waals surface area contributed by atoms with E-state index in [2.05, 4.69) is 0 Å². The molecule has 1 aliphatic rings. The van der Waals surface area contributed by atoms with Crippen molar-refractivity contribution in [3.63, 3.8) is 0 Å². The average molecular weight is 855 g/mol. The third-order valence-electron chi connectivity index (χ3n) is 10.0. The summed E-state index contributed by atoms with van der Waals surface area (Å²) in [5.74, 6) is -0.802. The molecule has 63 heavy (non-hydrogen) atoms. The van der Waals surface area contributed by atoms with E-state index in [9.17, 15) is 19.5 Å². The minimum absolute atomic E-state index is 0.186. The van der Waals surface area contributed by atoms with Crippen molar-refractivity contribution in [3.05, 3.63) is 192 Å². The minimum atomic E-state index is -1.52. The van der Waals surface area contributed by atoms with Crippen LogP contribution in [0.25, 0.3) is 0 Å². The molecule has 0 unspecified atom stereocenters. The molecular formula is C50H46O13. The molecular weight excluding hydrogens is 809 g/mol. The number of methoxy groups -OCH3 is 2. The summed E-state index contributed by atoms with van der Waals surface area (Å²) < 4.78 is 54.3. The first-order chi connectivity index (χ1) is 30.8. The Morgan fingerprint density at radius 1 is 0.587 bits per heavy atom. The van der Waals surface area contributed by atoms with Crippen molar-refractivity contribution in [1.82, 2.24) is 0 Å². The summed E-state index contributed by atoms with van der Waals surface area (Å²) in [4.78, 5) is 40.9. The summed E-state index contributed by atoms with van der Waals surface area (Å²) in [6.07, 6.45) is -8.21. The lowest BCUT2D eigenvalue weighted by Gasteiger charge is -2.41. The first kappa shape index (κ1) is 43.9. The number of carbonyl (C=O) groups is 3. The summed E-state index contributed by atoms with van der Waals surface area (Å²) in [6.45, 7) is -0.429. The molecule has 1 saturated heterocycles. The maximum atomic E-state index is 13.8. The SMILES string of the molecule is COc1cc([C@H](O)[C@@H](CO[C@@H]2OC[C@@H](OC(=O)c3ccccc3)[C@H](OC(=O)c3ccccc3)[C@H]2OC(=O)c2ccccc2)Oc2ccccc2OC)ccc1OCc1ccccc1. The highest BCUT2D eigenvalue weighted by Gasteiger charge is 2.49. The molecule has 1 heterocycles. The molecule has 1 N–H and O–H groups in total. The van der Waals surface area contributed by atoms with E-state index in [0.29, 0.717) is 28.6 Å². The van der Waals surface area contributed by atoms with E-state index in [1.165, 1.54) is 14.2 Å². The minimum Gasteiger partial charge on any atom is -0.493 e. The second kappa shape index (κ2) is 21.6. The van der Waals surface area contributed by atoms with Crippen LogP contribution in [-0.4, -0.2) is 81.2 Å². The monoisotopic (exact) mass is 854 g/mol. The van der Waals surface area contributed by atoms with Crippen LogP contribution >= 0.6 is 0 Å². The van der Waals surface area contributed by atoms with E-state index in [0.717, 1.165) is 5.56 Å². The van der Waals surface area contributed by atoms with Gasteiger partial charge in [-0.2, -0.15) is 0 Å². The molecule has 0 radical (unpaired) electrons. The summed E-state index contributed by atoms with van der Waals surface area (Å²) in [5.41, 5.74) is 1.97. The largest absolute Gasteiger partial charge is 0.493 e. The van der Waals surface area contributed by atoms with Gasteiger partial charge in [0.15, 0.2) is 53.7 Å². The second-order valence-electron chi connectivity index (χ2n) is 14.3. The van der Waals surface area contributed by atoms with Gasteiger partial charge in [-0.3, -0.25) is 0 Å². The Hall–Kier alpha value is -7.19. The molecule has 0 amide bonds. The van der Waals surface area contributed by atoms with Gasteiger partial charge in [-0.1, -0.05) is 103 Å². The van der Waals surface area contributed by atoms with Gasteiger partial charge in [0.1, 0.15) is 12.7 Å². The van der Waals surface area contributed by atoms with Crippen LogP contribution in [-0.2, 0) is 30.3 Å².